The maximum atomic E-state index is 6.94. The summed E-state index contributed by atoms with van der Waals surface area (Å²) in [6.07, 6.45) is 7.54. The van der Waals surface area contributed by atoms with Crippen LogP contribution in [0.15, 0.2) is 48.5 Å². The molecule has 3 nitrogen and oxygen atoms in total. The molecule has 4 rings (SSSR count). The number of aromatic amines is 1. The number of aromatic nitrogens is 1. The van der Waals surface area contributed by atoms with Gasteiger partial charge in [0.25, 0.3) is 0 Å². The first-order chi connectivity index (χ1) is 13.2. The lowest BCUT2D eigenvalue weighted by atomic mass is 9.77. The normalized spacial score (nSPS) is 19.2. The van der Waals surface area contributed by atoms with Crippen molar-refractivity contribution in [3.63, 3.8) is 0 Å². The molecule has 0 saturated heterocycles. The van der Waals surface area contributed by atoms with E-state index in [1.165, 1.54) is 27.7 Å². The number of nitrogens with one attached hydrogen (secondary N) is 1. The molecule has 0 radical (unpaired) electrons. The van der Waals surface area contributed by atoms with Gasteiger partial charge in [0.15, 0.2) is 0 Å². The predicted octanol–water partition coefficient (Wildman–Crippen LogP) is 5.47. The SMILES string of the molecule is CCCCOc1ccc(CCC2(N)CCCc3c2[nH]c2ccccc32)cc1. The minimum absolute atomic E-state index is 0.261. The second-order valence-corrected chi connectivity index (χ2v) is 7.88. The lowest BCUT2D eigenvalue weighted by Gasteiger charge is -2.34. The van der Waals surface area contributed by atoms with Crippen molar-refractivity contribution in [3.05, 3.63) is 65.4 Å². The Labute approximate surface area is 161 Å². The van der Waals surface area contributed by atoms with Crippen molar-refractivity contribution >= 4 is 10.9 Å². The molecule has 142 valence electrons. The molecule has 1 aromatic heterocycles. The number of nitrogens with two attached hydrogens (primary N) is 1. The maximum Gasteiger partial charge on any atom is 0.119 e. The minimum Gasteiger partial charge on any atom is -0.494 e. The highest BCUT2D eigenvalue weighted by molar-refractivity contribution is 5.85. The van der Waals surface area contributed by atoms with E-state index in [9.17, 15) is 0 Å². The topological polar surface area (TPSA) is 51.0 Å². The molecular formula is C24H30N2O. The van der Waals surface area contributed by atoms with E-state index in [2.05, 4.69) is 60.4 Å². The molecule has 1 aliphatic carbocycles. The Kier molecular flexibility index (Phi) is 5.22. The van der Waals surface area contributed by atoms with Gasteiger partial charge in [-0.15, -0.1) is 0 Å². The summed E-state index contributed by atoms with van der Waals surface area (Å²) in [5, 5.41) is 1.34. The smallest absolute Gasteiger partial charge is 0.119 e. The molecule has 1 aliphatic rings. The minimum atomic E-state index is -0.261. The van der Waals surface area contributed by atoms with Crippen molar-refractivity contribution in [2.45, 2.75) is 57.4 Å². The number of rotatable bonds is 7. The van der Waals surface area contributed by atoms with Gasteiger partial charge in [0.1, 0.15) is 5.75 Å². The Hall–Kier alpha value is -2.26. The van der Waals surface area contributed by atoms with Gasteiger partial charge in [0.2, 0.25) is 0 Å². The van der Waals surface area contributed by atoms with Crippen LogP contribution in [0, 0.1) is 0 Å². The molecule has 2 aromatic carbocycles. The van der Waals surface area contributed by atoms with E-state index < -0.39 is 0 Å². The van der Waals surface area contributed by atoms with Crippen LogP contribution in [0.1, 0.15) is 55.8 Å². The first kappa shape index (κ1) is 18.1. The van der Waals surface area contributed by atoms with E-state index in [1.54, 1.807) is 0 Å². The number of hydrogen-bond acceptors (Lipinski definition) is 2. The number of benzene rings is 2. The number of hydrogen-bond donors (Lipinski definition) is 2. The van der Waals surface area contributed by atoms with Gasteiger partial charge < -0.3 is 15.5 Å². The zero-order valence-electron chi connectivity index (χ0n) is 16.3. The molecule has 1 atom stereocenters. The van der Waals surface area contributed by atoms with Gasteiger partial charge >= 0.3 is 0 Å². The van der Waals surface area contributed by atoms with Gasteiger partial charge in [-0.2, -0.15) is 0 Å². The number of H-pyrrole nitrogens is 1. The molecule has 0 fully saturated rings. The summed E-state index contributed by atoms with van der Waals surface area (Å²) in [5.74, 6) is 0.963. The Morgan fingerprint density at radius 1 is 1.11 bits per heavy atom. The Morgan fingerprint density at radius 3 is 2.74 bits per heavy atom. The van der Waals surface area contributed by atoms with Crippen molar-refractivity contribution in [2.75, 3.05) is 6.61 Å². The maximum absolute atomic E-state index is 6.94. The Morgan fingerprint density at radius 2 is 1.93 bits per heavy atom. The lowest BCUT2D eigenvalue weighted by molar-refractivity contribution is 0.309. The van der Waals surface area contributed by atoms with Crippen LogP contribution in [-0.4, -0.2) is 11.6 Å². The summed E-state index contributed by atoms with van der Waals surface area (Å²) in [5.41, 5.74) is 11.9. The summed E-state index contributed by atoms with van der Waals surface area (Å²) in [6.45, 7) is 2.98. The summed E-state index contributed by atoms with van der Waals surface area (Å²) >= 11 is 0. The van der Waals surface area contributed by atoms with Crippen LogP contribution in [-0.2, 0) is 18.4 Å². The monoisotopic (exact) mass is 362 g/mol. The van der Waals surface area contributed by atoms with E-state index in [-0.39, 0.29) is 5.54 Å². The molecule has 3 N–H and O–H groups in total. The first-order valence-corrected chi connectivity index (χ1v) is 10.3. The third kappa shape index (κ3) is 3.74. The van der Waals surface area contributed by atoms with Gasteiger partial charge in [-0.3, -0.25) is 0 Å². The zero-order valence-corrected chi connectivity index (χ0v) is 16.3. The quantitative estimate of drug-likeness (QED) is 0.548. The highest BCUT2D eigenvalue weighted by Gasteiger charge is 2.34. The van der Waals surface area contributed by atoms with E-state index in [0.717, 1.165) is 57.3 Å². The molecule has 0 aliphatic heterocycles. The fraction of sp³-hybridized carbons (Fsp3) is 0.417. The van der Waals surface area contributed by atoms with E-state index >= 15 is 0 Å². The molecule has 1 heterocycles. The molecule has 0 bridgehead atoms. The van der Waals surface area contributed by atoms with Crippen LogP contribution < -0.4 is 10.5 Å². The molecule has 0 spiro atoms. The summed E-state index contributed by atoms with van der Waals surface area (Å²) in [6, 6.07) is 17.1. The van der Waals surface area contributed by atoms with Gasteiger partial charge in [0.05, 0.1) is 12.1 Å². The summed E-state index contributed by atoms with van der Waals surface area (Å²) < 4.78 is 5.77. The number of ether oxygens (including phenoxy) is 1. The van der Waals surface area contributed by atoms with Crippen LogP contribution >= 0.6 is 0 Å². The molecule has 1 unspecified atom stereocenters. The van der Waals surface area contributed by atoms with Crippen LogP contribution in [0.25, 0.3) is 10.9 Å². The zero-order chi connectivity index (χ0) is 18.7. The standard InChI is InChI=1S/C24H30N2O/c1-2-3-17-27-19-12-10-18(11-13-19)14-16-24(25)15-6-8-21-20-7-4-5-9-22(20)26-23(21)24/h4-5,7,9-13,26H,2-3,6,8,14-17,25H2,1H3. The molecule has 27 heavy (non-hydrogen) atoms. The van der Waals surface area contributed by atoms with Crippen LogP contribution in [0.3, 0.4) is 0 Å². The second-order valence-electron chi connectivity index (χ2n) is 7.88. The van der Waals surface area contributed by atoms with Gasteiger partial charge in [-0.1, -0.05) is 43.7 Å². The van der Waals surface area contributed by atoms with E-state index in [0.29, 0.717) is 0 Å². The summed E-state index contributed by atoms with van der Waals surface area (Å²) in [7, 11) is 0. The average molecular weight is 363 g/mol. The van der Waals surface area contributed by atoms with Crippen LogP contribution in [0.5, 0.6) is 5.75 Å². The third-order valence-electron chi connectivity index (χ3n) is 5.91. The number of fused-ring (bicyclic) bond motifs is 3. The van der Waals surface area contributed by atoms with Gasteiger partial charge in [-0.05, 0) is 67.9 Å². The largest absolute Gasteiger partial charge is 0.494 e. The highest BCUT2D eigenvalue weighted by Crippen LogP contribution is 2.39. The highest BCUT2D eigenvalue weighted by atomic mass is 16.5. The molecule has 0 amide bonds. The fourth-order valence-corrected chi connectivity index (χ4v) is 4.29. The third-order valence-corrected chi connectivity index (χ3v) is 5.91. The van der Waals surface area contributed by atoms with Crippen LogP contribution in [0.4, 0.5) is 0 Å². The predicted molar refractivity (Wildman–Crippen MR) is 112 cm³/mol. The van der Waals surface area contributed by atoms with E-state index in [4.69, 9.17) is 10.5 Å². The fourth-order valence-electron chi connectivity index (χ4n) is 4.29. The lowest BCUT2D eigenvalue weighted by Crippen LogP contribution is -2.40. The second kappa shape index (κ2) is 7.77. The Bertz CT molecular complexity index is 896. The van der Waals surface area contributed by atoms with Crippen molar-refractivity contribution in [1.82, 2.24) is 4.98 Å². The van der Waals surface area contributed by atoms with Gasteiger partial charge in [0, 0.05) is 16.6 Å². The summed E-state index contributed by atoms with van der Waals surface area (Å²) in [4.78, 5) is 3.64. The molecule has 0 saturated carbocycles. The van der Waals surface area contributed by atoms with Crippen molar-refractivity contribution in [2.24, 2.45) is 5.73 Å². The van der Waals surface area contributed by atoms with Crippen molar-refractivity contribution in [3.8, 4) is 5.75 Å². The van der Waals surface area contributed by atoms with E-state index in [1.807, 2.05) is 0 Å². The number of para-hydroxylation sites is 1. The average Bonchev–Trinajstić information content (AvgIpc) is 3.08. The van der Waals surface area contributed by atoms with Crippen molar-refractivity contribution in [1.29, 1.82) is 0 Å². The molecular weight excluding hydrogens is 332 g/mol. The number of unbranched alkanes of at least 4 members (excludes halogenated alkanes) is 1. The van der Waals surface area contributed by atoms with Crippen molar-refractivity contribution < 1.29 is 4.74 Å². The molecule has 3 heteroatoms. The Balaban J connectivity index is 1.47. The molecule has 3 aromatic rings. The number of aryl methyl sites for hydroxylation is 2. The van der Waals surface area contributed by atoms with Gasteiger partial charge in [-0.25, -0.2) is 0 Å². The van der Waals surface area contributed by atoms with Crippen LogP contribution in [0.2, 0.25) is 0 Å². The first-order valence-electron chi connectivity index (χ1n) is 10.3.